The van der Waals surface area contributed by atoms with Gasteiger partial charge in [-0.1, -0.05) is 0 Å². The Labute approximate surface area is 120 Å². The zero-order chi connectivity index (χ0) is 15.1. The van der Waals surface area contributed by atoms with Crippen molar-refractivity contribution in [2.75, 3.05) is 37.5 Å². The number of nitrogens with zero attached hydrogens (tertiary/aromatic N) is 1. The fourth-order valence-corrected chi connectivity index (χ4v) is 2.79. The molecule has 21 heavy (non-hydrogen) atoms. The van der Waals surface area contributed by atoms with Crippen LogP contribution >= 0.6 is 0 Å². The molecule has 1 saturated heterocycles. The van der Waals surface area contributed by atoms with E-state index in [0.717, 1.165) is 6.07 Å². The molecule has 2 heterocycles. The molecule has 1 aromatic carbocycles. The van der Waals surface area contributed by atoms with E-state index in [1.54, 1.807) is 19.1 Å². The number of carbonyl (C=O) groups excluding carboxylic acids is 2. The van der Waals surface area contributed by atoms with Crippen LogP contribution in [0.3, 0.4) is 0 Å². The summed E-state index contributed by atoms with van der Waals surface area (Å²) in [5.74, 6) is -1.97. The maximum atomic E-state index is 14.2. The van der Waals surface area contributed by atoms with Crippen LogP contribution in [-0.4, -0.2) is 51.2 Å². The van der Waals surface area contributed by atoms with Crippen LogP contribution < -0.4 is 10.2 Å². The van der Waals surface area contributed by atoms with Gasteiger partial charge in [0.15, 0.2) is 0 Å². The van der Waals surface area contributed by atoms with Gasteiger partial charge in [0.05, 0.1) is 16.9 Å². The summed E-state index contributed by atoms with van der Waals surface area (Å²) in [5.41, 5.74) is 0.744. The summed E-state index contributed by atoms with van der Waals surface area (Å²) in [4.78, 5) is 24.7. The normalized spacial score (nSPS) is 24.4. The quantitative estimate of drug-likeness (QED) is 0.836. The van der Waals surface area contributed by atoms with Gasteiger partial charge in [-0.3, -0.25) is 9.59 Å². The van der Waals surface area contributed by atoms with Gasteiger partial charge in [-0.15, -0.1) is 0 Å². The minimum absolute atomic E-state index is 0.0760. The third-order valence-electron chi connectivity index (χ3n) is 3.95. The molecule has 1 N–H and O–H groups in total. The van der Waals surface area contributed by atoms with E-state index in [1.807, 2.05) is 0 Å². The van der Waals surface area contributed by atoms with Crippen molar-refractivity contribution >= 4 is 23.1 Å². The Bertz CT molecular complexity index is 607. The molecule has 2 atom stereocenters. The number of halogens is 1. The first-order valence-corrected chi connectivity index (χ1v) is 6.55. The average Bonchev–Trinajstić information content (AvgIpc) is 3.01. The monoisotopic (exact) mass is 294 g/mol. The number of anilines is 2. The predicted molar refractivity (Wildman–Crippen MR) is 73.2 cm³/mol. The first-order valence-electron chi connectivity index (χ1n) is 6.55. The molecule has 0 saturated carbocycles. The molecular formula is C14H15FN2O4. The van der Waals surface area contributed by atoms with E-state index in [-0.39, 0.29) is 17.8 Å². The zero-order valence-electron chi connectivity index (χ0n) is 11.7. The Kier molecular flexibility index (Phi) is 3.38. The molecule has 6 nitrogen and oxygen atoms in total. The van der Waals surface area contributed by atoms with E-state index < -0.39 is 17.5 Å². The third kappa shape index (κ3) is 2.18. The SMILES string of the molecule is COC1CN(c2cc3c(cc2F)C(=O)C(=O)N3)CC1OC. The van der Waals surface area contributed by atoms with Gasteiger partial charge in [0.25, 0.3) is 11.7 Å². The maximum Gasteiger partial charge on any atom is 0.296 e. The molecule has 1 aromatic rings. The number of Topliss-reactive ketones (excluding diaryl/α,β-unsaturated/α-hetero) is 1. The van der Waals surface area contributed by atoms with Crippen molar-refractivity contribution in [1.82, 2.24) is 0 Å². The largest absolute Gasteiger partial charge is 0.377 e. The summed E-state index contributed by atoms with van der Waals surface area (Å²) in [6.07, 6.45) is -0.308. The summed E-state index contributed by atoms with van der Waals surface area (Å²) < 4.78 is 24.9. The van der Waals surface area contributed by atoms with E-state index in [2.05, 4.69) is 5.32 Å². The van der Waals surface area contributed by atoms with Crippen LogP contribution in [0.1, 0.15) is 10.4 Å². The molecule has 0 bridgehead atoms. The molecule has 0 aromatic heterocycles. The Balaban J connectivity index is 1.93. The summed E-state index contributed by atoms with van der Waals surface area (Å²) in [6, 6.07) is 2.59. The van der Waals surface area contributed by atoms with Gasteiger partial charge in [0.2, 0.25) is 0 Å². The van der Waals surface area contributed by atoms with Crippen LogP contribution in [0.5, 0.6) is 0 Å². The third-order valence-corrected chi connectivity index (χ3v) is 3.95. The topological polar surface area (TPSA) is 67.9 Å². The highest BCUT2D eigenvalue weighted by Gasteiger charge is 2.36. The second-order valence-electron chi connectivity index (χ2n) is 5.09. The van der Waals surface area contributed by atoms with Crippen LogP contribution in [0.4, 0.5) is 15.8 Å². The van der Waals surface area contributed by atoms with E-state index >= 15 is 0 Å². The summed E-state index contributed by atoms with van der Waals surface area (Å²) in [5, 5.41) is 2.44. The Morgan fingerprint density at radius 1 is 1.19 bits per heavy atom. The number of nitrogens with one attached hydrogen (secondary N) is 1. The number of rotatable bonds is 3. The molecule has 0 radical (unpaired) electrons. The number of fused-ring (bicyclic) bond motifs is 1. The van der Waals surface area contributed by atoms with Crippen LogP contribution in [0.25, 0.3) is 0 Å². The van der Waals surface area contributed by atoms with E-state index in [4.69, 9.17) is 9.47 Å². The molecule has 2 unspecified atom stereocenters. The molecule has 112 valence electrons. The van der Waals surface area contributed by atoms with Crippen LogP contribution in [-0.2, 0) is 14.3 Å². The van der Waals surface area contributed by atoms with Crippen molar-refractivity contribution < 1.29 is 23.5 Å². The van der Waals surface area contributed by atoms with Gasteiger partial charge in [-0.2, -0.15) is 0 Å². The van der Waals surface area contributed by atoms with Crippen LogP contribution in [0.2, 0.25) is 0 Å². The lowest BCUT2D eigenvalue weighted by atomic mass is 10.1. The Morgan fingerprint density at radius 2 is 1.81 bits per heavy atom. The highest BCUT2D eigenvalue weighted by atomic mass is 19.1. The van der Waals surface area contributed by atoms with Gasteiger partial charge in [0, 0.05) is 27.3 Å². The van der Waals surface area contributed by atoms with E-state index in [1.165, 1.54) is 6.07 Å². The number of hydrogen-bond donors (Lipinski definition) is 1. The molecule has 2 aliphatic heterocycles. The van der Waals surface area contributed by atoms with Crippen molar-refractivity contribution in [2.24, 2.45) is 0 Å². The van der Waals surface area contributed by atoms with Gasteiger partial charge in [-0.05, 0) is 12.1 Å². The highest BCUT2D eigenvalue weighted by Crippen LogP contribution is 2.33. The lowest BCUT2D eigenvalue weighted by Crippen LogP contribution is -2.27. The number of hydrogen-bond acceptors (Lipinski definition) is 5. The summed E-state index contributed by atoms with van der Waals surface area (Å²) >= 11 is 0. The number of ketones is 1. The lowest BCUT2D eigenvalue weighted by molar-refractivity contribution is -0.112. The van der Waals surface area contributed by atoms with Crippen molar-refractivity contribution in [3.05, 3.63) is 23.5 Å². The zero-order valence-corrected chi connectivity index (χ0v) is 11.7. The summed E-state index contributed by atoms with van der Waals surface area (Å²) in [7, 11) is 3.16. The number of ether oxygens (including phenoxy) is 2. The molecule has 1 amide bonds. The Morgan fingerprint density at radius 3 is 2.38 bits per heavy atom. The van der Waals surface area contributed by atoms with E-state index in [9.17, 15) is 14.0 Å². The highest BCUT2D eigenvalue weighted by molar-refractivity contribution is 6.51. The smallest absolute Gasteiger partial charge is 0.296 e. The van der Waals surface area contributed by atoms with Crippen molar-refractivity contribution in [1.29, 1.82) is 0 Å². The molecule has 3 rings (SSSR count). The number of carbonyl (C=O) groups is 2. The average molecular weight is 294 g/mol. The molecular weight excluding hydrogens is 279 g/mol. The van der Waals surface area contributed by atoms with Gasteiger partial charge in [-0.25, -0.2) is 4.39 Å². The maximum absolute atomic E-state index is 14.2. The Hall–Kier alpha value is -1.99. The van der Waals surface area contributed by atoms with Crippen LogP contribution in [0, 0.1) is 5.82 Å². The molecule has 1 fully saturated rings. The number of methoxy groups -OCH3 is 2. The first kappa shape index (κ1) is 14.0. The molecule has 7 heteroatoms. The second-order valence-corrected chi connectivity index (χ2v) is 5.09. The van der Waals surface area contributed by atoms with Gasteiger partial charge in [0.1, 0.15) is 18.0 Å². The fourth-order valence-electron chi connectivity index (χ4n) is 2.79. The molecule has 0 aliphatic carbocycles. The van der Waals surface area contributed by atoms with Gasteiger partial charge >= 0.3 is 0 Å². The number of amides is 1. The summed E-state index contributed by atoms with van der Waals surface area (Å²) in [6.45, 7) is 0.958. The van der Waals surface area contributed by atoms with Crippen molar-refractivity contribution in [3.63, 3.8) is 0 Å². The van der Waals surface area contributed by atoms with E-state index in [0.29, 0.717) is 24.5 Å². The minimum Gasteiger partial charge on any atom is -0.377 e. The fraction of sp³-hybridized carbons (Fsp3) is 0.429. The predicted octanol–water partition coefficient (Wildman–Crippen LogP) is 0.810. The number of benzene rings is 1. The van der Waals surface area contributed by atoms with Crippen molar-refractivity contribution in [2.45, 2.75) is 12.2 Å². The van der Waals surface area contributed by atoms with Gasteiger partial charge < -0.3 is 19.7 Å². The van der Waals surface area contributed by atoms with Crippen LogP contribution in [0.15, 0.2) is 12.1 Å². The minimum atomic E-state index is -0.729. The molecule has 0 spiro atoms. The van der Waals surface area contributed by atoms with Crippen molar-refractivity contribution in [3.8, 4) is 0 Å². The standard InChI is InChI=1S/C14H15FN2O4/c1-20-11-5-17(6-12(11)21-2)10-4-9-7(3-8(10)15)13(18)14(19)16-9/h3-4,11-12H,5-6H2,1-2H3,(H,16,18,19). The molecule has 2 aliphatic rings. The first-order chi connectivity index (χ1) is 10.0. The second kappa shape index (κ2) is 5.09. The lowest BCUT2D eigenvalue weighted by Gasteiger charge is -2.19.